The van der Waals surface area contributed by atoms with Crippen molar-refractivity contribution in [3.63, 3.8) is 0 Å². The topological polar surface area (TPSA) is 89.1 Å². The zero-order valence-electron chi connectivity index (χ0n) is 21.8. The van der Waals surface area contributed by atoms with Gasteiger partial charge in [0.15, 0.2) is 0 Å². The molecule has 194 valence electrons. The van der Waals surface area contributed by atoms with E-state index in [2.05, 4.69) is 34.9 Å². The molecular formula is C28H42N2O5. The Bertz CT molecular complexity index is 895. The van der Waals surface area contributed by atoms with Crippen molar-refractivity contribution in [2.45, 2.75) is 83.3 Å². The Balaban J connectivity index is 1.67. The minimum Gasteiger partial charge on any atom is -0.444 e. The largest absolute Gasteiger partial charge is 0.444 e. The smallest absolute Gasteiger partial charge is 0.407 e. The monoisotopic (exact) mass is 486 g/mol. The summed E-state index contributed by atoms with van der Waals surface area (Å²) in [6.07, 6.45) is 7.08. The molecule has 1 amide bonds. The zero-order chi connectivity index (χ0) is 25.5. The molecule has 1 heterocycles. The molecule has 1 aliphatic carbocycles. The molecule has 0 aromatic heterocycles. The zero-order valence-corrected chi connectivity index (χ0v) is 21.8. The Labute approximate surface area is 209 Å². The molecule has 1 aromatic rings. The second kappa shape index (κ2) is 12.2. The molecule has 1 saturated carbocycles. The van der Waals surface area contributed by atoms with Gasteiger partial charge in [0.1, 0.15) is 11.7 Å². The summed E-state index contributed by atoms with van der Waals surface area (Å²) in [5, 5.41) is 17.6. The van der Waals surface area contributed by atoms with Crippen LogP contribution in [0.25, 0.3) is 0 Å². The number of amides is 1. The highest BCUT2D eigenvalue weighted by Crippen LogP contribution is 2.46. The van der Waals surface area contributed by atoms with Crippen LogP contribution >= 0.6 is 0 Å². The molecular weight excluding hydrogens is 444 g/mol. The molecule has 3 unspecified atom stereocenters. The summed E-state index contributed by atoms with van der Waals surface area (Å²) in [5.74, 6) is 0. The van der Waals surface area contributed by atoms with Gasteiger partial charge in [0.2, 0.25) is 0 Å². The average molecular weight is 487 g/mol. The normalized spacial score (nSPS) is 22.0. The number of nitrogens with one attached hydrogen (secondary N) is 2. The van der Waals surface area contributed by atoms with Crippen LogP contribution in [0.3, 0.4) is 0 Å². The van der Waals surface area contributed by atoms with Gasteiger partial charge >= 0.3 is 6.09 Å². The maximum absolute atomic E-state index is 12.5. The van der Waals surface area contributed by atoms with Gasteiger partial charge in [0.05, 0.1) is 32.0 Å². The quantitative estimate of drug-likeness (QED) is 0.422. The van der Waals surface area contributed by atoms with Crippen molar-refractivity contribution in [3.05, 3.63) is 59.2 Å². The Kier molecular flexibility index (Phi) is 9.53. The van der Waals surface area contributed by atoms with Gasteiger partial charge in [-0.15, -0.1) is 0 Å². The first-order valence-corrected chi connectivity index (χ1v) is 12.7. The number of carbonyl (C=O) groups is 1. The fraction of sp³-hybridized carbons (Fsp3) is 0.607. The van der Waals surface area contributed by atoms with Crippen molar-refractivity contribution in [2.75, 3.05) is 26.4 Å². The van der Waals surface area contributed by atoms with Gasteiger partial charge in [0, 0.05) is 12.1 Å². The van der Waals surface area contributed by atoms with Crippen molar-refractivity contribution < 1.29 is 24.1 Å². The van der Waals surface area contributed by atoms with Gasteiger partial charge in [-0.25, -0.2) is 4.79 Å². The number of carbonyl (C=O) groups excluding carboxylic acids is 1. The van der Waals surface area contributed by atoms with Crippen LogP contribution in [0.5, 0.6) is 0 Å². The highest BCUT2D eigenvalue weighted by Gasteiger charge is 2.44. The van der Waals surface area contributed by atoms with E-state index in [9.17, 15) is 9.90 Å². The lowest BCUT2D eigenvalue weighted by atomic mass is 9.97. The standard InChI is InChI=1S/C28H42N2O5/c1-6-9-20(7-2)16-23(30-26(32)35-27(3,4)5)24(31)18-29-28(12-13-28)22-11-8-10-21(17-22)25-19-33-14-15-34-25/h6-11,17,23-25,29,31H,12-16,18-19H2,1-5H3,(H,30,32)/b9-6-,20-7+. The molecule has 0 bridgehead atoms. The second-order valence-corrected chi connectivity index (χ2v) is 10.4. The van der Waals surface area contributed by atoms with Gasteiger partial charge in [-0.1, -0.05) is 48.1 Å². The first kappa shape index (κ1) is 27.4. The lowest BCUT2D eigenvalue weighted by molar-refractivity contribution is -0.0901. The molecule has 2 aliphatic rings. The summed E-state index contributed by atoms with van der Waals surface area (Å²) in [6.45, 7) is 11.6. The van der Waals surface area contributed by atoms with Crippen LogP contribution in [-0.2, 0) is 19.7 Å². The molecule has 2 fully saturated rings. The Hall–Kier alpha value is -2.19. The molecule has 35 heavy (non-hydrogen) atoms. The number of aliphatic hydroxyl groups excluding tert-OH is 1. The van der Waals surface area contributed by atoms with E-state index in [1.165, 1.54) is 5.56 Å². The third-order valence-corrected chi connectivity index (χ3v) is 6.40. The first-order valence-electron chi connectivity index (χ1n) is 12.7. The second-order valence-electron chi connectivity index (χ2n) is 10.4. The predicted octanol–water partition coefficient (Wildman–Crippen LogP) is 4.52. The number of benzene rings is 1. The Morgan fingerprint density at radius 3 is 2.66 bits per heavy atom. The number of allylic oxidation sites excluding steroid dienone is 3. The molecule has 3 N–H and O–H groups in total. The van der Waals surface area contributed by atoms with Crippen LogP contribution in [0.1, 0.15) is 71.1 Å². The number of hydrogen-bond acceptors (Lipinski definition) is 6. The highest BCUT2D eigenvalue weighted by atomic mass is 16.6. The summed E-state index contributed by atoms with van der Waals surface area (Å²) in [7, 11) is 0. The molecule has 0 spiro atoms. The number of hydrogen-bond donors (Lipinski definition) is 3. The van der Waals surface area contributed by atoms with E-state index in [4.69, 9.17) is 14.2 Å². The number of aliphatic hydroxyl groups is 1. The van der Waals surface area contributed by atoms with Crippen molar-refractivity contribution in [1.82, 2.24) is 10.6 Å². The van der Waals surface area contributed by atoms with Crippen molar-refractivity contribution >= 4 is 6.09 Å². The van der Waals surface area contributed by atoms with E-state index in [1.54, 1.807) is 0 Å². The van der Waals surface area contributed by atoms with Gasteiger partial charge in [-0.2, -0.15) is 0 Å². The van der Waals surface area contributed by atoms with Gasteiger partial charge in [-0.3, -0.25) is 0 Å². The predicted molar refractivity (Wildman–Crippen MR) is 137 cm³/mol. The number of alkyl carbamates (subject to hydrolysis) is 1. The summed E-state index contributed by atoms with van der Waals surface area (Å²) in [6, 6.07) is 7.96. The van der Waals surface area contributed by atoms with Crippen LogP contribution in [0, 0.1) is 0 Å². The average Bonchev–Trinajstić information content (AvgIpc) is 3.62. The lowest BCUT2D eigenvalue weighted by Crippen LogP contribution is -2.50. The van der Waals surface area contributed by atoms with Crippen LogP contribution in [0.4, 0.5) is 4.79 Å². The van der Waals surface area contributed by atoms with Gasteiger partial charge in [0.25, 0.3) is 0 Å². The van der Waals surface area contributed by atoms with Crippen molar-refractivity contribution in [1.29, 1.82) is 0 Å². The minimum atomic E-state index is -0.793. The maximum Gasteiger partial charge on any atom is 0.407 e. The molecule has 1 saturated heterocycles. The van der Waals surface area contributed by atoms with Crippen LogP contribution in [-0.4, -0.2) is 55.3 Å². The third-order valence-electron chi connectivity index (χ3n) is 6.40. The van der Waals surface area contributed by atoms with E-state index >= 15 is 0 Å². The maximum atomic E-state index is 12.5. The van der Waals surface area contributed by atoms with E-state index < -0.39 is 23.8 Å². The molecule has 3 rings (SSSR count). The van der Waals surface area contributed by atoms with E-state index in [0.29, 0.717) is 32.8 Å². The molecule has 1 aromatic carbocycles. The summed E-state index contributed by atoms with van der Waals surface area (Å²) in [4.78, 5) is 12.5. The van der Waals surface area contributed by atoms with Gasteiger partial charge < -0.3 is 30.0 Å². The molecule has 7 nitrogen and oxygen atoms in total. The number of rotatable bonds is 10. The summed E-state index contributed by atoms with van der Waals surface area (Å²) >= 11 is 0. The van der Waals surface area contributed by atoms with E-state index in [0.717, 1.165) is 24.0 Å². The summed E-state index contributed by atoms with van der Waals surface area (Å²) < 4.78 is 16.9. The summed E-state index contributed by atoms with van der Waals surface area (Å²) in [5.41, 5.74) is 2.56. The van der Waals surface area contributed by atoms with E-state index in [1.807, 2.05) is 52.8 Å². The third kappa shape index (κ3) is 8.17. The Morgan fingerprint density at radius 1 is 1.29 bits per heavy atom. The van der Waals surface area contributed by atoms with Crippen molar-refractivity contribution in [2.24, 2.45) is 0 Å². The van der Waals surface area contributed by atoms with Gasteiger partial charge in [-0.05, 0) is 65.0 Å². The highest BCUT2D eigenvalue weighted by molar-refractivity contribution is 5.68. The molecule has 1 aliphatic heterocycles. The first-order chi connectivity index (χ1) is 16.7. The minimum absolute atomic E-state index is 0.0432. The fourth-order valence-electron chi connectivity index (χ4n) is 4.34. The van der Waals surface area contributed by atoms with E-state index in [-0.39, 0.29) is 11.6 Å². The van der Waals surface area contributed by atoms with Crippen LogP contribution in [0.15, 0.2) is 48.1 Å². The molecule has 0 radical (unpaired) electrons. The fourth-order valence-corrected chi connectivity index (χ4v) is 4.34. The van der Waals surface area contributed by atoms with Crippen molar-refractivity contribution in [3.8, 4) is 0 Å². The lowest BCUT2D eigenvalue weighted by Gasteiger charge is -2.29. The SMILES string of the molecule is C/C=C\C(=C/C)CC(NC(=O)OC(C)(C)C)C(O)CNC1(c2cccc(C3COCCO3)c2)CC1. The Morgan fingerprint density at radius 2 is 2.06 bits per heavy atom. The molecule has 7 heteroatoms. The van der Waals surface area contributed by atoms with Crippen LogP contribution in [0.2, 0.25) is 0 Å². The molecule has 3 atom stereocenters. The number of ether oxygens (including phenoxy) is 3. The van der Waals surface area contributed by atoms with Crippen LogP contribution < -0.4 is 10.6 Å².